The van der Waals surface area contributed by atoms with Crippen molar-refractivity contribution in [2.45, 2.75) is 31.8 Å². The predicted octanol–water partition coefficient (Wildman–Crippen LogP) is -0.0587. The molecule has 0 aromatic heterocycles. The number of nitrogens with zero attached hydrogens (tertiary/aromatic N) is 1. The van der Waals surface area contributed by atoms with Gasteiger partial charge in [0, 0.05) is 19.1 Å². The molecule has 0 aliphatic carbocycles. The van der Waals surface area contributed by atoms with Crippen LogP contribution in [0.3, 0.4) is 0 Å². The van der Waals surface area contributed by atoms with Crippen LogP contribution < -0.4 is 10.6 Å². The van der Waals surface area contributed by atoms with Gasteiger partial charge in [0.1, 0.15) is 0 Å². The summed E-state index contributed by atoms with van der Waals surface area (Å²) in [7, 11) is 1.35. The van der Waals surface area contributed by atoms with Crippen molar-refractivity contribution in [1.29, 1.82) is 0 Å². The number of methoxy groups -OCH3 is 1. The highest BCUT2D eigenvalue weighted by Crippen LogP contribution is 2.21. The van der Waals surface area contributed by atoms with Crippen LogP contribution in [0.1, 0.15) is 19.8 Å². The number of hydrogen-bond acceptors (Lipinski definition) is 4. The van der Waals surface area contributed by atoms with E-state index < -0.39 is 6.09 Å². The Labute approximate surface area is 107 Å². The summed E-state index contributed by atoms with van der Waals surface area (Å²) in [6.07, 6.45) is 1.28. The fraction of sp³-hybridized carbons (Fsp3) is 0.833. The summed E-state index contributed by atoms with van der Waals surface area (Å²) >= 11 is 0. The zero-order valence-corrected chi connectivity index (χ0v) is 10.9. The Kier molecular flexibility index (Phi) is 4.06. The average Bonchev–Trinajstić information content (AvgIpc) is 2.97. The quantitative estimate of drug-likeness (QED) is 0.725. The van der Waals surface area contributed by atoms with Gasteiger partial charge in [0.15, 0.2) is 0 Å². The summed E-state index contributed by atoms with van der Waals surface area (Å²) in [5, 5.41) is 6.03. The van der Waals surface area contributed by atoms with Crippen molar-refractivity contribution < 1.29 is 14.3 Å². The van der Waals surface area contributed by atoms with Gasteiger partial charge in [-0.25, -0.2) is 4.79 Å². The van der Waals surface area contributed by atoms with E-state index in [4.69, 9.17) is 0 Å². The first-order valence-corrected chi connectivity index (χ1v) is 6.48. The van der Waals surface area contributed by atoms with Crippen LogP contribution in [0.2, 0.25) is 0 Å². The van der Waals surface area contributed by atoms with Crippen molar-refractivity contribution in [2.75, 3.05) is 26.7 Å². The molecule has 0 aromatic rings. The molecule has 2 saturated heterocycles. The van der Waals surface area contributed by atoms with E-state index in [0.29, 0.717) is 6.54 Å². The third-order valence-electron chi connectivity index (χ3n) is 3.85. The van der Waals surface area contributed by atoms with Crippen LogP contribution in [0.4, 0.5) is 4.79 Å². The van der Waals surface area contributed by atoms with Gasteiger partial charge in [0.05, 0.1) is 19.1 Å². The second kappa shape index (κ2) is 5.56. The standard InChI is InChI=1S/C12H21N3O3/c1-8-10(3-5-13-8)11(16)15-6-4-9(7-15)14-12(17)18-2/h8-10,13H,3-7H2,1-2H3,(H,14,17). The topological polar surface area (TPSA) is 70.7 Å². The molecule has 2 N–H and O–H groups in total. The van der Waals surface area contributed by atoms with E-state index in [0.717, 1.165) is 25.9 Å². The van der Waals surface area contributed by atoms with E-state index in [9.17, 15) is 9.59 Å². The van der Waals surface area contributed by atoms with Crippen LogP contribution in [0.5, 0.6) is 0 Å². The molecule has 18 heavy (non-hydrogen) atoms. The van der Waals surface area contributed by atoms with Crippen molar-refractivity contribution in [1.82, 2.24) is 15.5 Å². The van der Waals surface area contributed by atoms with Crippen LogP contribution in [-0.2, 0) is 9.53 Å². The Balaban J connectivity index is 1.84. The van der Waals surface area contributed by atoms with E-state index in [1.54, 1.807) is 0 Å². The lowest BCUT2D eigenvalue weighted by molar-refractivity contribution is -0.134. The van der Waals surface area contributed by atoms with E-state index in [1.165, 1.54) is 7.11 Å². The van der Waals surface area contributed by atoms with Gasteiger partial charge < -0.3 is 20.3 Å². The highest BCUT2D eigenvalue weighted by molar-refractivity contribution is 5.80. The maximum Gasteiger partial charge on any atom is 0.407 e. The van der Waals surface area contributed by atoms with Crippen molar-refractivity contribution in [2.24, 2.45) is 5.92 Å². The third kappa shape index (κ3) is 2.75. The van der Waals surface area contributed by atoms with Gasteiger partial charge in [-0.3, -0.25) is 4.79 Å². The van der Waals surface area contributed by atoms with Crippen molar-refractivity contribution >= 4 is 12.0 Å². The molecule has 0 bridgehead atoms. The molecule has 2 aliphatic rings. The van der Waals surface area contributed by atoms with Gasteiger partial charge >= 0.3 is 6.09 Å². The zero-order valence-electron chi connectivity index (χ0n) is 10.9. The summed E-state index contributed by atoms with van der Waals surface area (Å²) in [6.45, 7) is 4.28. The summed E-state index contributed by atoms with van der Waals surface area (Å²) in [4.78, 5) is 25.3. The Morgan fingerprint density at radius 3 is 2.78 bits per heavy atom. The number of carbonyl (C=O) groups is 2. The summed E-state index contributed by atoms with van der Waals surface area (Å²) in [5.74, 6) is 0.295. The normalized spacial score (nSPS) is 31.4. The minimum Gasteiger partial charge on any atom is -0.453 e. The fourth-order valence-corrected chi connectivity index (χ4v) is 2.73. The highest BCUT2D eigenvalue weighted by atomic mass is 16.5. The van der Waals surface area contributed by atoms with Crippen molar-refractivity contribution in [3.8, 4) is 0 Å². The van der Waals surface area contributed by atoms with Crippen LogP contribution in [0, 0.1) is 5.92 Å². The lowest BCUT2D eigenvalue weighted by Crippen LogP contribution is -2.42. The molecule has 3 unspecified atom stereocenters. The van der Waals surface area contributed by atoms with Crippen LogP contribution in [0.25, 0.3) is 0 Å². The molecule has 2 rings (SSSR count). The Morgan fingerprint density at radius 1 is 1.39 bits per heavy atom. The Hall–Kier alpha value is -1.30. The maximum atomic E-state index is 12.3. The van der Waals surface area contributed by atoms with Gasteiger partial charge in [0.25, 0.3) is 0 Å². The second-order valence-corrected chi connectivity index (χ2v) is 5.04. The molecule has 2 heterocycles. The fourth-order valence-electron chi connectivity index (χ4n) is 2.73. The number of rotatable bonds is 2. The smallest absolute Gasteiger partial charge is 0.407 e. The monoisotopic (exact) mass is 255 g/mol. The molecule has 2 fully saturated rings. The number of hydrogen-bond donors (Lipinski definition) is 2. The molecule has 2 amide bonds. The maximum absolute atomic E-state index is 12.3. The van der Waals surface area contributed by atoms with E-state index >= 15 is 0 Å². The minimum absolute atomic E-state index is 0.0195. The molecule has 0 aromatic carbocycles. The first kappa shape index (κ1) is 13.1. The predicted molar refractivity (Wildman–Crippen MR) is 66.1 cm³/mol. The van der Waals surface area contributed by atoms with Gasteiger partial charge in [-0.05, 0) is 26.3 Å². The number of likely N-dealkylation sites (tertiary alicyclic amines) is 1. The van der Waals surface area contributed by atoms with Crippen LogP contribution in [0.15, 0.2) is 0 Å². The van der Waals surface area contributed by atoms with E-state index in [1.807, 2.05) is 4.90 Å². The van der Waals surface area contributed by atoms with Gasteiger partial charge in [-0.15, -0.1) is 0 Å². The third-order valence-corrected chi connectivity index (χ3v) is 3.85. The van der Waals surface area contributed by atoms with E-state index in [-0.39, 0.29) is 23.9 Å². The molecule has 3 atom stereocenters. The first-order chi connectivity index (χ1) is 8.61. The Morgan fingerprint density at radius 2 is 2.17 bits per heavy atom. The number of carbonyl (C=O) groups excluding carboxylic acids is 2. The van der Waals surface area contributed by atoms with Gasteiger partial charge in [0.2, 0.25) is 5.91 Å². The highest BCUT2D eigenvalue weighted by Gasteiger charge is 2.36. The summed E-state index contributed by atoms with van der Waals surface area (Å²) in [6, 6.07) is 0.274. The van der Waals surface area contributed by atoms with Crippen molar-refractivity contribution in [3.63, 3.8) is 0 Å². The zero-order chi connectivity index (χ0) is 13.1. The van der Waals surface area contributed by atoms with Crippen LogP contribution in [-0.4, -0.2) is 55.7 Å². The molecule has 6 nitrogen and oxygen atoms in total. The lowest BCUT2D eigenvalue weighted by atomic mass is 10.0. The molecular weight excluding hydrogens is 234 g/mol. The average molecular weight is 255 g/mol. The summed E-state index contributed by atoms with van der Waals surface area (Å²) in [5.41, 5.74) is 0. The molecule has 2 aliphatic heterocycles. The Bertz CT molecular complexity index is 335. The molecule has 0 spiro atoms. The number of nitrogens with one attached hydrogen (secondary N) is 2. The molecular formula is C12H21N3O3. The van der Waals surface area contributed by atoms with Gasteiger partial charge in [-0.2, -0.15) is 0 Å². The largest absolute Gasteiger partial charge is 0.453 e. The van der Waals surface area contributed by atoms with E-state index in [2.05, 4.69) is 22.3 Å². The molecule has 0 saturated carbocycles. The SMILES string of the molecule is COC(=O)NC1CCN(C(=O)C2CCNC2C)C1. The molecule has 6 heteroatoms. The number of ether oxygens (including phenoxy) is 1. The van der Waals surface area contributed by atoms with Crippen LogP contribution >= 0.6 is 0 Å². The lowest BCUT2D eigenvalue weighted by Gasteiger charge is -2.22. The second-order valence-electron chi connectivity index (χ2n) is 5.04. The first-order valence-electron chi connectivity index (χ1n) is 6.48. The number of amides is 2. The van der Waals surface area contributed by atoms with Crippen molar-refractivity contribution in [3.05, 3.63) is 0 Å². The minimum atomic E-state index is -0.426. The molecule has 0 radical (unpaired) electrons. The van der Waals surface area contributed by atoms with Gasteiger partial charge in [-0.1, -0.05) is 0 Å². The molecule has 102 valence electrons. The number of alkyl carbamates (subject to hydrolysis) is 1. The summed E-state index contributed by atoms with van der Waals surface area (Å²) < 4.78 is 4.56.